The Morgan fingerprint density at radius 3 is 2.54 bits per heavy atom. The number of amides is 1. The van der Waals surface area contributed by atoms with E-state index in [9.17, 15) is 13.2 Å². The summed E-state index contributed by atoms with van der Waals surface area (Å²) in [6, 6.07) is 21.3. The number of rotatable bonds is 7. The maximum Gasteiger partial charge on any atom is 0.254 e. The number of sulfonamides is 1. The van der Waals surface area contributed by atoms with Gasteiger partial charge in [0, 0.05) is 23.2 Å². The van der Waals surface area contributed by atoms with Crippen molar-refractivity contribution in [3.63, 3.8) is 0 Å². The number of fused-ring (bicyclic) bond motifs is 1. The minimum absolute atomic E-state index is 0.0868. The molecule has 0 spiro atoms. The van der Waals surface area contributed by atoms with Crippen molar-refractivity contribution in [3.8, 4) is 22.9 Å². The second-order valence-corrected chi connectivity index (χ2v) is 11.1. The summed E-state index contributed by atoms with van der Waals surface area (Å²) in [5, 5.41) is 9.02. The maximum absolute atomic E-state index is 13.1. The highest BCUT2D eigenvalue weighted by molar-refractivity contribution is 7.89. The molecule has 1 heterocycles. The molecule has 3 aromatic carbocycles. The predicted molar refractivity (Wildman–Crippen MR) is 133 cm³/mol. The van der Waals surface area contributed by atoms with E-state index in [0.29, 0.717) is 42.1 Å². The third kappa shape index (κ3) is 5.53. The summed E-state index contributed by atoms with van der Waals surface area (Å²) in [5.74, 6) is 0.494. The van der Waals surface area contributed by atoms with Crippen molar-refractivity contribution in [2.45, 2.75) is 37.8 Å². The SMILES string of the molecule is CC(C)(C)NS(=O)(=O)c1ccccc1-c1ccc2c(c1)CN(CCOc1cccc(C#N)c1)C2=O. The van der Waals surface area contributed by atoms with E-state index < -0.39 is 15.6 Å². The number of nitrogens with one attached hydrogen (secondary N) is 1. The maximum atomic E-state index is 13.1. The lowest BCUT2D eigenvalue weighted by molar-refractivity contribution is 0.0753. The Kier molecular flexibility index (Phi) is 6.66. The quantitative estimate of drug-likeness (QED) is 0.532. The fourth-order valence-corrected chi connectivity index (χ4v) is 5.71. The zero-order valence-electron chi connectivity index (χ0n) is 19.9. The molecule has 3 aromatic rings. The van der Waals surface area contributed by atoms with E-state index in [4.69, 9.17) is 10.00 Å². The molecule has 8 heteroatoms. The second-order valence-electron chi connectivity index (χ2n) is 9.44. The lowest BCUT2D eigenvalue weighted by atomic mass is 10.0. The predicted octanol–water partition coefficient (Wildman–Crippen LogP) is 4.34. The number of hydrogen-bond donors (Lipinski definition) is 1. The van der Waals surface area contributed by atoms with Gasteiger partial charge in [0.1, 0.15) is 12.4 Å². The standard InChI is InChI=1S/C27H27N3O4S/c1-27(2,3)29-35(32,33)25-10-5-4-9-23(25)20-11-12-24-21(16-20)18-30(26(24)31)13-14-34-22-8-6-7-19(15-22)17-28/h4-12,15-16,29H,13-14,18H2,1-3H3. The third-order valence-corrected chi connectivity index (χ3v) is 7.32. The van der Waals surface area contributed by atoms with Gasteiger partial charge >= 0.3 is 0 Å². The van der Waals surface area contributed by atoms with Crippen LogP contribution in [0.3, 0.4) is 0 Å². The van der Waals surface area contributed by atoms with Gasteiger partial charge in [0.25, 0.3) is 5.91 Å². The van der Waals surface area contributed by atoms with Crippen LogP contribution in [0.1, 0.15) is 42.3 Å². The van der Waals surface area contributed by atoms with Gasteiger partial charge in [-0.2, -0.15) is 5.26 Å². The first kappa shape index (κ1) is 24.5. The molecule has 0 radical (unpaired) electrons. The third-order valence-electron chi connectivity index (χ3n) is 5.51. The lowest BCUT2D eigenvalue weighted by Crippen LogP contribution is -2.40. The van der Waals surface area contributed by atoms with Crippen molar-refractivity contribution in [2.75, 3.05) is 13.2 Å². The number of carbonyl (C=O) groups excluding carboxylic acids is 1. The highest BCUT2D eigenvalue weighted by Gasteiger charge is 2.29. The molecule has 1 N–H and O–H groups in total. The smallest absolute Gasteiger partial charge is 0.254 e. The first-order chi connectivity index (χ1) is 16.6. The number of nitrogens with zero attached hydrogens (tertiary/aromatic N) is 2. The molecule has 1 aliphatic heterocycles. The van der Waals surface area contributed by atoms with Crippen LogP contribution in [-0.2, 0) is 16.6 Å². The molecule has 0 saturated carbocycles. The Labute approximate surface area is 206 Å². The van der Waals surface area contributed by atoms with E-state index >= 15 is 0 Å². The van der Waals surface area contributed by atoms with Gasteiger partial charge in [-0.15, -0.1) is 0 Å². The molecule has 4 rings (SSSR count). The summed E-state index contributed by atoms with van der Waals surface area (Å²) >= 11 is 0. The molecule has 0 unspecified atom stereocenters. The molecule has 180 valence electrons. The van der Waals surface area contributed by atoms with Crippen molar-refractivity contribution in [1.29, 1.82) is 5.26 Å². The van der Waals surface area contributed by atoms with E-state index in [2.05, 4.69) is 10.8 Å². The van der Waals surface area contributed by atoms with Gasteiger partial charge in [0.15, 0.2) is 0 Å². The Morgan fingerprint density at radius 1 is 1.03 bits per heavy atom. The van der Waals surface area contributed by atoms with Crippen molar-refractivity contribution >= 4 is 15.9 Å². The fourth-order valence-electron chi connectivity index (χ4n) is 4.06. The fraction of sp³-hybridized carbons (Fsp3) is 0.259. The minimum atomic E-state index is -3.74. The molecule has 7 nitrogen and oxygen atoms in total. The largest absolute Gasteiger partial charge is 0.492 e. The van der Waals surface area contributed by atoms with Crippen molar-refractivity contribution in [3.05, 3.63) is 83.4 Å². The summed E-state index contributed by atoms with van der Waals surface area (Å²) in [7, 11) is -3.74. The molecular formula is C27H27N3O4S. The average molecular weight is 490 g/mol. The van der Waals surface area contributed by atoms with Crippen LogP contribution in [0.15, 0.2) is 71.6 Å². The highest BCUT2D eigenvalue weighted by Crippen LogP contribution is 2.32. The van der Waals surface area contributed by atoms with Gasteiger partial charge in [-0.05, 0) is 68.3 Å². The summed E-state index contributed by atoms with van der Waals surface area (Å²) < 4.78 is 34.5. The number of benzene rings is 3. The van der Waals surface area contributed by atoms with Gasteiger partial charge < -0.3 is 9.64 Å². The zero-order chi connectivity index (χ0) is 25.2. The van der Waals surface area contributed by atoms with Gasteiger partial charge in [-0.1, -0.05) is 30.3 Å². The highest BCUT2D eigenvalue weighted by atomic mass is 32.2. The van der Waals surface area contributed by atoms with Crippen LogP contribution in [0.4, 0.5) is 0 Å². The molecule has 0 atom stereocenters. The molecule has 0 aromatic heterocycles. The van der Waals surface area contributed by atoms with Crippen molar-refractivity contribution in [2.24, 2.45) is 0 Å². The monoisotopic (exact) mass is 489 g/mol. The van der Waals surface area contributed by atoms with Crippen LogP contribution in [0, 0.1) is 11.3 Å². The van der Waals surface area contributed by atoms with E-state index in [-0.39, 0.29) is 10.8 Å². The van der Waals surface area contributed by atoms with Gasteiger partial charge in [-0.25, -0.2) is 13.1 Å². The molecule has 1 aliphatic rings. The average Bonchev–Trinajstić information content (AvgIpc) is 3.12. The minimum Gasteiger partial charge on any atom is -0.492 e. The van der Waals surface area contributed by atoms with Crippen molar-refractivity contribution < 1.29 is 17.9 Å². The number of hydrogen-bond acceptors (Lipinski definition) is 5. The Morgan fingerprint density at radius 2 is 1.80 bits per heavy atom. The van der Waals surface area contributed by atoms with Crippen molar-refractivity contribution in [1.82, 2.24) is 9.62 Å². The van der Waals surface area contributed by atoms with Crippen LogP contribution in [0.5, 0.6) is 5.75 Å². The van der Waals surface area contributed by atoms with Crippen LogP contribution < -0.4 is 9.46 Å². The molecule has 0 bridgehead atoms. The van der Waals surface area contributed by atoms with E-state index in [1.54, 1.807) is 86.3 Å². The first-order valence-electron chi connectivity index (χ1n) is 11.3. The number of ether oxygens (including phenoxy) is 1. The topological polar surface area (TPSA) is 99.5 Å². The van der Waals surface area contributed by atoms with Crippen LogP contribution in [0.2, 0.25) is 0 Å². The Balaban J connectivity index is 1.52. The summed E-state index contributed by atoms with van der Waals surface area (Å²) in [5.41, 5.74) is 2.66. The summed E-state index contributed by atoms with van der Waals surface area (Å²) in [6.45, 7) is 6.49. The lowest BCUT2D eigenvalue weighted by Gasteiger charge is -2.21. The molecule has 35 heavy (non-hydrogen) atoms. The Hall–Kier alpha value is -3.67. The second kappa shape index (κ2) is 9.53. The molecular weight excluding hydrogens is 462 g/mol. The molecule has 0 saturated heterocycles. The van der Waals surface area contributed by atoms with E-state index in [1.807, 2.05) is 6.07 Å². The summed E-state index contributed by atoms with van der Waals surface area (Å²) in [6.07, 6.45) is 0. The van der Waals surface area contributed by atoms with Crippen LogP contribution in [0.25, 0.3) is 11.1 Å². The Bertz CT molecular complexity index is 1420. The van der Waals surface area contributed by atoms with Gasteiger partial charge in [0.2, 0.25) is 10.0 Å². The van der Waals surface area contributed by atoms with Gasteiger partial charge in [0.05, 0.1) is 23.1 Å². The normalized spacial score (nSPS) is 13.4. The molecule has 0 fully saturated rings. The number of carbonyl (C=O) groups is 1. The van der Waals surface area contributed by atoms with E-state index in [1.165, 1.54) is 0 Å². The van der Waals surface area contributed by atoms with Crippen LogP contribution in [-0.4, -0.2) is 37.9 Å². The first-order valence-corrected chi connectivity index (χ1v) is 12.7. The van der Waals surface area contributed by atoms with Gasteiger partial charge in [-0.3, -0.25) is 4.79 Å². The summed E-state index contributed by atoms with van der Waals surface area (Å²) in [4.78, 5) is 14.8. The van der Waals surface area contributed by atoms with Crippen LogP contribution >= 0.6 is 0 Å². The van der Waals surface area contributed by atoms with E-state index in [0.717, 1.165) is 11.1 Å². The molecule has 1 amide bonds. The zero-order valence-corrected chi connectivity index (χ0v) is 20.7. The number of nitriles is 1. The molecule has 0 aliphatic carbocycles.